The number of piperidine rings is 1. The molecule has 1 saturated heterocycles. The van der Waals surface area contributed by atoms with Gasteiger partial charge in [0, 0.05) is 30.5 Å². The molecular weight excluding hydrogens is 368 g/mol. The standard InChI is InChI=1S/C22H26N4O3/c27-21-17-11-19-20(29-14-28-19)12-18(17)22(5-6-22)26(21)10-4-15-2-8-25(9-3-15)13-16-1-7-23-24-16/h1,7,11-12,15H,2-6,8-10,13-14H2,(H,23,24). The van der Waals surface area contributed by atoms with Crippen LogP contribution in [0, 0.1) is 5.92 Å². The molecule has 152 valence electrons. The van der Waals surface area contributed by atoms with E-state index in [1.807, 2.05) is 18.3 Å². The molecule has 0 atom stereocenters. The molecule has 0 unspecified atom stereocenters. The molecule has 1 aliphatic carbocycles. The first-order valence-corrected chi connectivity index (χ1v) is 10.7. The molecule has 7 nitrogen and oxygen atoms in total. The molecule has 0 radical (unpaired) electrons. The highest BCUT2D eigenvalue weighted by atomic mass is 16.7. The van der Waals surface area contributed by atoms with Crippen molar-refractivity contribution >= 4 is 5.91 Å². The number of likely N-dealkylation sites (tertiary alicyclic amines) is 1. The summed E-state index contributed by atoms with van der Waals surface area (Å²) in [7, 11) is 0. The van der Waals surface area contributed by atoms with Gasteiger partial charge in [0.15, 0.2) is 11.5 Å². The van der Waals surface area contributed by atoms with E-state index in [4.69, 9.17) is 9.47 Å². The first kappa shape index (κ1) is 17.3. The van der Waals surface area contributed by atoms with Crippen LogP contribution in [0.2, 0.25) is 0 Å². The normalized spacial score (nSPS) is 22.5. The third-order valence-electron chi connectivity index (χ3n) is 7.15. The molecule has 1 N–H and O–H groups in total. The van der Waals surface area contributed by atoms with E-state index >= 15 is 0 Å². The lowest BCUT2D eigenvalue weighted by Gasteiger charge is -2.33. The van der Waals surface area contributed by atoms with Crippen LogP contribution < -0.4 is 9.47 Å². The topological polar surface area (TPSA) is 70.7 Å². The van der Waals surface area contributed by atoms with Crippen LogP contribution in [-0.4, -0.2) is 52.3 Å². The predicted octanol–water partition coefficient (Wildman–Crippen LogP) is 2.89. The highest BCUT2D eigenvalue weighted by Gasteiger charge is 2.58. The smallest absolute Gasteiger partial charge is 0.255 e. The summed E-state index contributed by atoms with van der Waals surface area (Å²) < 4.78 is 11.0. The van der Waals surface area contributed by atoms with Crippen LogP contribution >= 0.6 is 0 Å². The number of hydrogen-bond donors (Lipinski definition) is 1. The van der Waals surface area contributed by atoms with Crippen molar-refractivity contribution in [3.05, 3.63) is 41.2 Å². The van der Waals surface area contributed by atoms with E-state index < -0.39 is 0 Å². The number of carbonyl (C=O) groups excluding carboxylic acids is 1. The van der Waals surface area contributed by atoms with Crippen molar-refractivity contribution < 1.29 is 14.3 Å². The summed E-state index contributed by atoms with van der Waals surface area (Å²) in [6.45, 7) is 4.28. The molecule has 4 aliphatic rings. The average Bonchev–Trinajstić information content (AvgIpc) is 3.08. The molecule has 1 saturated carbocycles. The molecule has 2 fully saturated rings. The Morgan fingerprint density at radius 2 is 1.97 bits per heavy atom. The SMILES string of the molecule is O=C1c2cc3c(cc2C2(CC2)N1CCC1CCN(Cc2ccn[nH]2)CC1)OCO3. The zero-order valence-electron chi connectivity index (χ0n) is 16.5. The second-order valence-electron chi connectivity index (χ2n) is 8.83. The molecule has 2 aromatic rings. The van der Waals surface area contributed by atoms with Crippen LogP contribution in [0.25, 0.3) is 0 Å². The van der Waals surface area contributed by atoms with Crippen LogP contribution in [0.15, 0.2) is 24.4 Å². The number of rotatable bonds is 5. The van der Waals surface area contributed by atoms with Crippen molar-refractivity contribution in [3.63, 3.8) is 0 Å². The van der Waals surface area contributed by atoms with Crippen LogP contribution in [-0.2, 0) is 12.1 Å². The summed E-state index contributed by atoms with van der Waals surface area (Å²) >= 11 is 0. The molecule has 1 aromatic heterocycles. The predicted molar refractivity (Wildman–Crippen MR) is 106 cm³/mol. The zero-order valence-corrected chi connectivity index (χ0v) is 16.5. The molecule has 7 heteroatoms. The van der Waals surface area contributed by atoms with Crippen molar-refractivity contribution in [2.24, 2.45) is 5.92 Å². The molecule has 29 heavy (non-hydrogen) atoms. The summed E-state index contributed by atoms with van der Waals surface area (Å²) in [6, 6.07) is 5.99. The third kappa shape index (κ3) is 2.82. The van der Waals surface area contributed by atoms with Gasteiger partial charge in [-0.3, -0.25) is 14.8 Å². The van der Waals surface area contributed by atoms with Crippen LogP contribution in [0.1, 0.15) is 53.7 Å². The highest BCUT2D eigenvalue weighted by Crippen LogP contribution is 2.58. The zero-order chi connectivity index (χ0) is 19.4. The maximum Gasteiger partial charge on any atom is 0.255 e. The van der Waals surface area contributed by atoms with Gasteiger partial charge in [0.25, 0.3) is 5.91 Å². The number of amides is 1. The Kier molecular flexibility index (Phi) is 3.88. The van der Waals surface area contributed by atoms with E-state index in [1.165, 1.54) is 18.5 Å². The van der Waals surface area contributed by atoms with E-state index in [2.05, 4.69) is 26.1 Å². The summed E-state index contributed by atoms with van der Waals surface area (Å²) in [4.78, 5) is 17.8. The second kappa shape index (κ2) is 6.49. The van der Waals surface area contributed by atoms with Crippen LogP contribution in [0.3, 0.4) is 0 Å². The number of benzene rings is 1. The molecule has 1 aromatic carbocycles. The fraction of sp³-hybridized carbons (Fsp3) is 0.545. The minimum atomic E-state index is -0.0747. The lowest BCUT2D eigenvalue weighted by Crippen LogP contribution is -2.37. The van der Waals surface area contributed by atoms with Crippen LogP contribution in [0.4, 0.5) is 0 Å². The fourth-order valence-corrected chi connectivity index (χ4v) is 5.32. The van der Waals surface area contributed by atoms with Crippen molar-refractivity contribution in [1.82, 2.24) is 20.0 Å². The first-order chi connectivity index (χ1) is 14.2. The van der Waals surface area contributed by atoms with Crippen molar-refractivity contribution in [2.75, 3.05) is 26.4 Å². The Bertz CT molecular complexity index is 930. The van der Waals surface area contributed by atoms with Gasteiger partial charge in [0.2, 0.25) is 6.79 Å². The largest absolute Gasteiger partial charge is 0.454 e. The highest BCUT2D eigenvalue weighted by molar-refractivity contribution is 6.01. The molecule has 6 rings (SSSR count). The lowest BCUT2D eigenvalue weighted by atomic mass is 9.93. The number of ether oxygens (including phenoxy) is 2. The molecule has 0 bridgehead atoms. The Labute approximate surface area is 170 Å². The van der Waals surface area contributed by atoms with Gasteiger partial charge in [-0.05, 0) is 74.9 Å². The number of fused-ring (bicyclic) bond motifs is 3. The average molecular weight is 394 g/mol. The number of carbonyl (C=O) groups is 1. The molecular formula is C22H26N4O3. The summed E-state index contributed by atoms with van der Waals surface area (Å²) in [5.74, 6) is 2.36. The van der Waals surface area contributed by atoms with Crippen molar-refractivity contribution in [2.45, 2.75) is 44.2 Å². The number of aromatic nitrogens is 2. The Morgan fingerprint density at radius 3 is 2.69 bits per heavy atom. The van der Waals surface area contributed by atoms with E-state index in [9.17, 15) is 4.79 Å². The van der Waals surface area contributed by atoms with Gasteiger partial charge in [-0.15, -0.1) is 0 Å². The molecule has 4 heterocycles. The Balaban J connectivity index is 1.09. The summed E-state index contributed by atoms with van der Waals surface area (Å²) in [6.07, 6.45) is 7.43. The van der Waals surface area contributed by atoms with Crippen LogP contribution in [0.5, 0.6) is 11.5 Å². The summed E-state index contributed by atoms with van der Waals surface area (Å²) in [5, 5.41) is 7.09. The minimum absolute atomic E-state index is 0.0747. The monoisotopic (exact) mass is 394 g/mol. The van der Waals surface area contributed by atoms with Gasteiger partial charge in [-0.2, -0.15) is 5.10 Å². The molecule has 1 spiro atoms. The number of hydrogen-bond acceptors (Lipinski definition) is 5. The van der Waals surface area contributed by atoms with E-state index in [0.717, 1.165) is 62.3 Å². The molecule has 1 amide bonds. The lowest BCUT2D eigenvalue weighted by molar-refractivity contribution is 0.0671. The maximum absolute atomic E-state index is 13.2. The van der Waals surface area contributed by atoms with Gasteiger partial charge in [0.05, 0.1) is 5.54 Å². The third-order valence-corrected chi connectivity index (χ3v) is 7.15. The van der Waals surface area contributed by atoms with Crippen molar-refractivity contribution in [1.29, 1.82) is 0 Å². The maximum atomic E-state index is 13.2. The van der Waals surface area contributed by atoms with Gasteiger partial charge in [-0.1, -0.05) is 0 Å². The van der Waals surface area contributed by atoms with Gasteiger partial charge < -0.3 is 14.4 Å². The number of nitrogens with zero attached hydrogens (tertiary/aromatic N) is 3. The van der Waals surface area contributed by atoms with Gasteiger partial charge in [0.1, 0.15) is 0 Å². The number of nitrogens with one attached hydrogen (secondary N) is 1. The van der Waals surface area contributed by atoms with Gasteiger partial charge in [-0.25, -0.2) is 0 Å². The second-order valence-corrected chi connectivity index (χ2v) is 8.83. The van der Waals surface area contributed by atoms with E-state index in [-0.39, 0.29) is 18.2 Å². The van der Waals surface area contributed by atoms with Crippen molar-refractivity contribution in [3.8, 4) is 11.5 Å². The number of H-pyrrole nitrogens is 1. The quantitative estimate of drug-likeness (QED) is 0.844. The Hall–Kier alpha value is -2.54. The fourth-order valence-electron chi connectivity index (χ4n) is 5.32. The summed E-state index contributed by atoms with van der Waals surface area (Å²) in [5.41, 5.74) is 3.08. The Morgan fingerprint density at radius 1 is 1.17 bits per heavy atom. The molecule has 3 aliphatic heterocycles. The van der Waals surface area contributed by atoms with E-state index in [0.29, 0.717) is 11.7 Å². The minimum Gasteiger partial charge on any atom is -0.454 e. The van der Waals surface area contributed by atoms with Gasteiger partial charge >= 0.3 is 0 Å². The van der Waals surface area contributed by atoms with E-state index in [1.54, 1.807) is 0 Å². The first-order valence-electron chi connectivity index (χ1n) is 10.7. The number of aromatic amines is 1.